The van der Waals surface area contributed by atoms with E-state index in [9.17, 15) is 9.90 Å². The van der Waals surface area contributed by atoms with E-state index in [2.05, 4.69) is 24.1 Å². The van der Waals surface area contributed by atoms with Gasteiger partial charge in [0.25, 0.3) is 0 Å². The molecule has 4 nitrogen and oxygen atoms in total. The molecule has 4 heteroatoms. The summed E-state index contributed by atoms with van der Waals surface area (Å²) >= 11 is 0. The van der Waals surface area contributed by atoms with E-state index < -0.39 is 6.10 Å². The Bertz CT molecular complexity index is 431. The fourth-order valence-electron chi connectivity index (χ4n) is 2.59. The number of pyridine rings is 1. The molecule has 1 heterocycles. The van der Waals surface area contributed by atoms with Crippen molar-refractivity contribution in [2.45, 2.75) is 44.6 Å². The van der Waals surface area contributed by atoms with Gasteiger partial charge in [0.2, 0.25) is 5.91 Å². The predicted molar refractivity (Wildman–Crippen MR) is 73.6 cm³/mol. The van der Waals surface area contributed by atoms with Crippen LogP contribution in [-0.2, 0) is 10.2 Å². The monoisotopic (exact) mass is 262 g/mol. The summed E-state index contributed by atoms with van der Waals surface area (Å²) < 4.78 is 0. The number of aliphatic hydroxyl groups excluding tert-OH is 1. The minimum atomic E-state index is -0.468. The number of nitrogens with zero attached hydrogens (tertiary/aromatic N) is 1. The number of rotatable bonds is 4. The average Bonchev–Trinajstić information content (AvgIpc) is 2.83. The third-order valence-electron chi connectivity index (χ3n) is 3.98. The Balaban J connectivity index is 1.93. The lowest BCUT2D eigenvalue weighted by atomic mass is 9.85. The molecular formula is C15H22N2O2. The molecule has 2 atom stereocenters. The van der Waals surface area contributed by atoms with Crippen molar-refractivity contribution in [3.63, 3.8) is 0 Å². The van der Waals surface area contributed by atoms with Crippen LogP contribution in [0.2, 0.25) is 0 Å². The largest absolute Gasteiger partial charge is 0.392 e. The maximum absolute atomic E-state index is 12.1. The molecule has 1 saturated carbocycles. The number of carbonyl (C=O) groups is 1. The summed E-state index contributed by atoms with van der Waals surface area (Å²) in [6.45, 7) is 4.75. The van der Waals surface area contributed by atoms with E-state index in [1.54, 1.807) is 12.4 Å². The molecule has 104 valence electrons. The van der Waals surface area contributed by atoms with Gasteiger partial charge in [0, 0.05) is 24.4 Å². The minimum absolute atomic E-state index is 0.0212. The number of aliphatic hydroxyl groups is 1. The molecule has 0 radical (unpaired) electrons. The van der Waals surface area contributed by atoms with Crippen molar-refractivity contribution in [2.75, 3.05) is 6.54 Å². The highest BCUT2D eigenvalue weighted by Gasteiger charge is 2.32. The maximum Gasteiger partial charge on any atom is 0.225 e. The maximum atomic E-state index is 12.1. The van der Waals surface area contributed by atoms with Gasteiger partial charge in [-0.05, 0) is 37.0 Å². The molecular weight excluding hydrogens is 240 g/mol. The number of hydrogen-bond acceptors (Lipinski definition) is 3. The summed E-state index contributed by atoms with van der Waals surface area (Å²) in [7, 11) is 0. The standard InChI is InChI=1S/C15H22N2O2/c1-15(2,11-6-8-16-9-7-11)10-17-14(19)12-4-3-5-13(12)18/h6-9,12-13,18H,3-5,10H2,1-2H3,(H,17,19). The second-order valence-electron chi connectivity index (χ2n) is 5.94. The first-order valence-corrected chi connectivity index (χ1v) is 6.87. The van der Waals surface area contributed by atoms with E-state index in [0.29, 0.717) is 6.54 Å². The van der Waals surface area contributed by atoms with Crippen LogP contribution in [0.1, 0.15) is 38.7 Å². The van der Waals surface area contributed by atoms with Crippen LogP contribution in [0.25, 0.3) is 0 Å². The Morgan fingerprint density at radius 2 is 2.11 bits per heavy atom. The Kier molecular flexibility index (Phi) is 4.20. The summed E-state index contributed by atoms with van der Waals surface area (Å²) in [5.74, 6) is -0.250. The molecule has 1 aliphatic rings. The second kappa shape index (κ2) is 5.70. The van der Waals surface area contributed by atoms with E-state index in [-0.39, 0.29) is 17.2 Å². The fourth-order valence-corrected chi connectivity index (χ4v) is 2.59. The molecule has 1 aromatic rings. The first kappa shape index (κ1) is 14.0. The van der Waals surface area contributed by atoms with Gasteiger partial charge < -0.3 is 10.4 Å². The number of carbonyl (C=O) groups excluding carboxylic acids is 1. The highest BCUT2D eigenvalue weighted by atomic mass is 16.3. The van der Waals surface area contributed by atoms with Crippen molar-refractivity contribution in [3.8, 4) is 0 Å². The Morgan fingerprint density at radius 1 is 1.42 bits per heavy atom. The van der Waals surface area contributed by atoms with E-state index in [0.717, 1.165) is 24.8 Å². The summed E-state index contributed by atoms with van der Waals surface area (Å²) in [4.78, 5) is 16.1. The molecule has 0 aliphatic heterocycles. The van der Waals surface area contributed by atoms with Gasteiger partial charge in [0.15, 0.2) is 0 Å². The summed E-state index contributed by atoms with van der Waals surface area (Å²) in [6, 6.07) is 3.94. The van der Waals surface area contributed by atoms with E-state index in [1.807, 2.05) is 12.1 Å². The van der Waals surface area contributed by atoms with Gasteiger partial charge >= 0.3 is 0 Å². The lowest BCUT2D eigenvalue weighted by Gasteiger charge is -2.26. The highest BCUT2D eigenvalue weighted by Crippen LogP contribution is 2.26. The van der Waals surface area contributed by atoms with E-state index in [4.69, 9.17) is 0 Å². The molecule has 1 fully saturated rings. The molecule has 2 rings (SSSR count). The van der Waals surface area contributed by atoms with Gasteiger partial charge in [-0.15, -0.1) is 0 Å². The average molecular weight is 262 g/mol. The Morgan fingerprint density at radius 3 is 2.68 bits per heavy atom. The summed E-state index contributed by atoms with van der Waals surface area (Å²) in [6.07, 6.45) is 5.53. The van der Waals surface area contributed by atoms with Crippen LogP contribution in [0.3, 0.4) is 0 Å². The van der Waals surface area contributed by atoms with Crippen molar-refractivity contribution >= 4 is 5.91 Å². The predicted octanol–water partition coefficient (Wildman–Crippen LogP) is 1.64. The van der Waals surface area contributed by atoms with Gasteiger partial charge in [-0.25, -0.2) is 0 Å². The number of amides is 1. The van der Waals surface area contributed by atoms with Crippen molar-refractivity contribution < 1.29 is 9.90 Å². The van der Waals surface area contributed by atoms with Crippen LogP contribution in [0.5, 0.6) is 0 Å². The zero-order chi connectivity index (χ0) is 13.9. The topological polar surface area (TPSA) is 62.2 Å². The minimum Gasteiger partial charge on any atom is -0.392 e. The summed E-state index contributed by atoms with van der Waals surface area (Å²) in [5, 5.41) is 12.7. The van der Waals surface area contributed by atoms with E-state index >= 15 is 0 Å². The zero-order valence-electron chi connectivity index (χ0n) is 11.6. The molecule has 2 N–H and O–H groups in total. The van der Waals surface area contributed by atoms with Crippen molar-refractivity contribution in [1.29, 1.82) is 0 Å². The highest BCUT2D eigenvalue weighted by molar-refractivity contribution is 5.79. The lowest BCUT2D eigenvalue weighted by Crippen LogP contribution is -2.41. The van der Waals surface area contributed by atoms with Crippen LogP contribution >= 0.6 is 0 Å². The molecule has 0 aromatic carbocycles. The molecule has 2 unspecified atom stereocenters. The van der Waals surface area contributed by atoms with Crippen molar-refractivity contribution in [2.24, 2.45) is 5.92 Å². The Labute approximate surface area is 114 Å². The third kappa shape index (κ3) is 3.32. The molecule has 19 heavy (non-hydrogen) atoms. The first-order valence-electron chi connectivity index (χ1n) is 6.87. The van der Waals surface area contributed by atoms with Gasteiger partial charge in [-0.1, -0.05) is 13.8 Å². The molecule has 0 saturated heterocycles. The molecule has 0 bridgehead atoms. The molecule has 1 aromatic heterocycles. The van der Waals surface area contributed by atoms with Gasteiger partial charge in [0.1, 0.15) is 0 Å². The number of hydrogen-bond donors (Lipinski definition) is 2. The Hall–Kier alpha value is -1.42. The third-order valence-corrected chi connectivity index (χ3v) is 3.98. The van der Waals surface area contributed by atoms with E-state index in [1.165, 1.54) is 0 Å². The molecule has 0 spiro atoms. The fraction of sp³-hybridized carbons (Fsp3) is 0.600. The zero-order valence-corrected chi connectivity index (χ0v) is 11.6. The van der Waals surface area contributed by atoms with Crippen LogP contribution in [0.15, 0.2) is 24.5 Å². The SMILES string of the molecule is CC(C)(CNC(=O)C1CCCC1O)c1ccncc1. The summed E-state index contributed by atoms with van der Waals surface area (Å²) in [5.41, 5.74) is 1.01. The van der Waals surface area contributed by atoms with Crippen molar-refractivity contribution in [3.05, 3.63) is 30.1 Å². The number of nitrogens with one attached hydrogen (secondary N) is 1. The van der Waals surface area contributed by atoms with Crippen LogP contribution in [-0.4, -0.2) is 28.6 Å². The quantitative estimate of drug-likeness (QED) is 0.867. The van der Waals surface area contributed by atoms with Gasteiger partial charge in [-0.2, -0.15) is 0 Å². The van der Waals surface area contributed by atoms with Gasteiger partial charge in [-0.3, -0.25) is 9.78 Å². The smallest absolute Gasteiger partial charge is 0.225 e. The number of aromatic nitrogens is 1. The normalized spacial score (nSPS) is 23.3. The van der Waals surface area contributed by atoms with Crippen molar-refractivity contribution in [1.82, 2.24) is 10.3 Å². The second-order valence-corrected chi connectivity index (χ2v) is 5.94. The van der Waals surface area contributed by atoms with Gasteiger partial charge in [0.05, 0.1) is 12.0 Å². The lowest BCUT2D eigenvalue weighted by molar-refractivity contribution is -0.127. The van der Waals surface area contributed by atoms with Crippen LogP contribution < -0.4 is 5.32 Å². The molecule has 1 aliphatic carbocycles. The van der Waals surface area contributed by atoms with Crippen LogP contribution in [0.4, 0.5) is 0 Å². The van der Waals surface area contributed by atoms with Crippen LogP contribution in [0, 0.1) is 5.92 Å². The molecule has 1 amide bonds. The first-order chi connectivity index (χ1) is 9.00.